The first kappa shape index (κ1) is 16.7. The number of rotatable bonds is 4. The van der Waals surface area contributed by atoms with Crippen LogP contribution in [0.25, 0.3) is 0 Å². The molecule has 134 valence electrons. The number of hydrogen-bond acceptors (Lipinski definition) is 5. The number of aliphatic hydroxyl groups is 1. The van der Waals surface area contributed by atoms with Crippen LogP contribution in [0, 0.1) is 0 Å². The molecule has 5 nitrogen and oxygen atoms in total. The van der Waals surface area contributed by atoms with E-state index in [4.69, 9.17) is 4.52 Å². The fourth-order valence-electron chi connectivity index (χ4n) is 4.22. The summed E-state index contributed by atoms with van der Waals surface area (Å²) < 4.78 is 5.59. The van der Waals surface area contributed by atoms with Crippen LogP contribution in [0.1, 0.15) is 67.9 Å². The highest BCUT2D eigenvalue weighted by Crippen LogP contribution is 2.34. The first-order valence-electron chi connectivity index (χ1n) is 9.54. The van der Waals surface area contributed by atoms with Crippen molar-refractivity contribution in [3.63, 3.8) is 0 Å². The molecule has 3 heterocycles. The third-order valence-electron chi connectivity index (χ3n) is 5.86. The first-order chi connectivity index (χ1) is 12.2. The van der Waals surface area contributed by atoms with Gasteiger partial charge in [-0.25, -0.2) is 0 Å². The Morgan fingerprint density at radius 2 is 2.00 bits per heavy atom. The van der Waals surface area contributed by atoms with Crippen molar-refractivity contribution < 1.29 is 9.63 Å². The maximum absolute atomic E-state index is 10.9. The van der Waals surface area contributed by atoms with E-state index in [2.05, 4.69) is 21.1 Å². The lowest BCUT2D eigenvalue weighted by atomic mass is 9.85. The summed E-state index contributed by atoms with van der Waals surface area (Å²) >= 11 is 0. The van der Waals surface area contributed by atoms with Crippen LogP contribution in [-0.4, -0.2) is 33.2 Å². The molecular formula is C20H27N3O2. The van der Waals surface area contributed by atoms with Crippen molar-refractivity contribution in [3.8, 4) is 0 Å². The largest absolute Gasteiger partial charge is 0.385 e. The van der Waals surface area contributed by atoms with Gasteiger partial charge in [0.25, 0.3) is 0 Å². The molecule has 0 radical (unpaired) electrons. The molecule has 1 N–H and O–H groups in total. The van der Waals surface area contributed by atoms with E-state index in [0.717, 1.165) is 49.5 Å². The normalized spacial score (nSPS) is 22.1. The van der Waals surface area contributed by atoms with E-state index in [1.54, 1.807) is 12.4 Å². The summed E-state index contributed by atoms with van der Waals surface area (Å²) in [6.45, 7) is 2.48. The molecule has 2 fully saturated rings. The van der Waals surface area contributed by atoms with Crippen LogP contribution < -0.4 is 0 Å². The van der Waals surface area contributed by atoms with Crippen molar-refractivity contribution in [2.75, 3.05) is 13.1 Å². The van der Waals surface area contributed by atoms with Crippen LogP contribution in [0.2, 0.25) is 0 Å². The standard InChI is InChI=1S/C20H27N3O2/c24-20(17-7-4-10-21-14-17)8-11-23(12-9-20)15-18-13-19(22-25-18)16-5-2-1-3-6-16/h4,7,10,13-14,16,24H,1-3,5-6,8-9,11-12,15H2. The van der Waals surface area contributed by atoms with Crippen molar-refractivity contribution in [1.29, 1.82) is 0 Å². The molecule has 1 saturated heterocycles. The summed E-state index contributed by atoms with van der Waals surface area (Å²) in [6, 6.07) is 6.01. The second-order valence-electron chi connectivity index (χ2n) is 7.60. The van der Waals surface area contributed by atoms with E-state index in [-0.39, 0.29) is 0 Å². The maximum atomic E-state index is 10.9. The molecule has 0 aromatic carbocycles. The highest BCUT2D eigenvalue weighted by atomic mass is 16.5. The van der Waals surface area contributed by atoms with Crippen molar-refractivity contribution in [3.05, 3.63) is 47.6 Å². The molecule has 1 aliphatic heterocycles. The molecule has 2 aromatic heterocycles. The number of hydrogen-bond donors (Lipinski definition) is 1. The van der Waals surface area contributed by atoms with E-state index >= 15 is 0 Å². The number of piperidine rings is 1. The smallest absolute Gasteiger partial charge is 0.150 e. The summed E-state index contributed by atoms with van der Waals surface area (Å²) in [5, 5.41) is 15.2. The molecule has 1 aliphatic carbocycles. The molecule has 1 saturated carbocycles. The summed E-state index contributed by atoms with van der Waals surface area (Å²) in [4.78, 5) is 6.49. The van der Waals surface area contributed by atoms with Crippen LogP contribution >= 0.6 is 0 Å². The van der Waals surface area contributed by atoms with Crippen molar-refractivity contribution in [1.82, 2.24) is 15.0 Å². The Balaban J connectivity index is 1.34. The average Bonchev–Trinajstić information content (AvgIpc) is 3.14. The molecule has 2 aromatic rings. The summed E-state index contributed by atoms with van der Waals surface area (Å²) in [7, 11) is 0. The number of nitrogens with zero attached hydrogens (tertiary/aromatic N) is 3. The van der Waals surface area contributed by atoms with Crippen molar-refractivity contribution >= 4 is 0 Å². The highest BCUT2D eigenvalue weighted by Gasteiger charge is 2.34. The average molecular weight is 341 g/mol. The molecule has 0 unspecified atom stereocenters. The van der Waals surface area contributed by atoms with Crippen LogP contribution in [-0.2, 0) is 12.1 Å². The van der Waals surface area contributed by atoms with Gasteiger partial charge in [-0.2, -0.15) is 0 Å². The van der Waals surface area contributed by atoms with Crippen molar-refractivity contribution in [2.24, 2.45) is 0 Å². The van der Waals surface area contributed by atoms with Crippen LogP contribution in [0.15, 0.2) is 35.1 Å². The molecule has 4 rings (SSSR count). The Labute approximate surface area is 149 Å². The quantitative estimate of drug-likeness (QED) is 0.920. The Hall–Kier alpha value is -1.72. The minimum Gasteiger partial charge on any atom is -0.385 e. The topological polar surface area (TPSA) is 62.4 Å². The van der Waals surface area contributed by atoms with Gasteiger partial charge in [0.1, 0.15) is 0 Å². The maximum Gasteiger partial charge on any atom is 0.150 e. The van der Waals surface area contributed by atoms with Gasteiger partial charge in [0.05, 0.1) is 17.8 Å². The first-order valence-corrected chi connectivity index (χ1v) is 9.54. The molecule has 0 bridgehead atoms. The van der Waals surface area contributed by atoms with Gasteiger partial charge >= 0.3 is 0 Å². The number of likely N-dealkylation sites (tertiary alicyclic amines) is 1. The van der Waals surface area contributed by atoms with E-state index in [1.165, 1.54) is 32.1 Å². The monoisotopic (exact) mass is 341 g/mol. The van der Waals surface area contributed by atoms with Crippen LogP contribution in [0.4, 0.5) is 0 Å². The van der Waals surface area contributed by atoms with Gasteiger partial charge < -0.3 is 9.63 Å². The highest BCUT2D eigenvalue weighted by molar-refractivity contribution is 5.19. The Morgan fingerprint density at radius 1 is 1.20 bits per heavy atom. The zero-order chi connectivity index (χ0) is 17.1. The van der Waals surface area contributed by atoms with Gasteiger partial charge in [-0.05, 0) is 31.7 Å². The van der Waals surface area contributed by atoms with E-state index in [0.29, 0.717) is 5.92 Å². The Kier molecular flexibility index (Phi) is 4.86. The predicted molar refractivity (Wildman–Crippen MR) is 95.0 cm³/mol. The fourth-order valence-corrected chi connectivity index (χ4v) is 4.22. The summed E-state index contributed by atoms with van der Waals surface area (Å²) in [5.41, 5.74) is 1.31. The third-order valence-corrected chi connectivity index (χ3v) is 5.86. The zero-order valence-corrected chi connectivity index (χ0v) is 14.7. The van der Waals surface area contributed by atoms with Gasteiger partial charge in [-0.1, -0.05) is 30.5 Å². The second-order valence-corrected chi connectivity index (χ2v) is 7.60. The van der Waals surface area contributed by atoms with Gasteiger partial charge in [0.2, 0.25) is 0 Å². The van der Waals surface area contributed by atoms with Crippen LogP contribution in [0.3, 0.4) is 0 Å². The van der Waals surface area contributed by atoms with Gasteiger partial charge in [0.15, 0.2) is 5.76 Å². The molecule has 25 heavy (non-hydrogen) atoms. The molecule has 0 atom stereocenters. The van der Waals surface area contributed by atoms with E-state index < -0.39 is 5.60 Å². The second kappa shape index (κ2) is 7.26. The zero-order valence-electron chi connectivity index (χ0n) is 14.7. The molecular weight excluding hydrogens is 314 g/mol. The van der Waals surface area contributed by atoms with Gasteiger partial charge in [0, 0.05) is 43.0 Å². The third kappa shape index (κ3) is 3.77. The summed E-state index contributed by atoms with van der Waals surface area (Å²) in [5.74, 6) is 1.54. The molecule has 2 aliphatic rings. The Morgan fingerprint density at radius 3 is 2.72 bits per heavy atom. The number of pyridine rings is 1. The lowest BCUT2D eigenvalue weighted by molar-refractivity contribution is -0.0294. The fraction of sp³-hybridized carbons (Fsp3) is 0.600. The van der Waals surface area contributed by atoms with Gasteiger partial charge in [-0.3, -0.25) is 9.88 Å². The predicted octanol–water partition coefficient (Wildman–Crippen LogP) is 3.60. The van der Waals surface area contributed by atoms with Gasteiger partial charge in [-0.15, -0.1) is 0 Å². The lowest BCUT2D eigenvalue weighted by Gasteiger charge is -2.37. The molecule has 5 heteroatoms. The molecule has 0 amide bonds. The van der Waals surface area contributed by atoms with E-state index in [9.17, 15) is 5.11 Å². The number of aromatic nitrogens is 2. The Bertz CT molecular complexity index is 671. The van der Waals surface area contributed by atoms with Crippen molar-refractivity contribution in [2.45, 2.75) is 63.0 Å². The molecule has 0 spiro atoms. The minimum atomic E-state index is -0.751. The van der Waals surface area contributed by atoms with E-state index in [1.807, 2.05) is 12.1 Å². The SMILES string of the molecule is OC1(c2cccnc2)CCN(Cc2cc(C3CCCCC3)no2)CC1. The summed E-state index contributed by atoms with van der Waals surface area (Å²) in [6.07, 6.45) is 11.4. The lowest BCUT2D eigenvalue weighted by Crippen LogP contribution is -2.42. The minimum absolute atomic E-state index is 0.586. The van der Waals surface area contributed by atoms with Crippen LogP contribution in [0.5, 0.6) is 0 Å².